The number of rotatable bonds is 3. The Morgan fingerprint density at radius 2 is 2.00 bits per heavy atom. The third-order valence-corrected chi connectivity index (χ3v) is 2.88. The van der Waals surface area contributed by atoms with Crippen LogP contribution in [0, 0.1) is 5.92 Å². The average Bonchev–Trinajstić information content (AvgIpc) is 2.54. The summed E-state index contributed by atoms with van der Waals surface area (Å²) in [6.45, 7) is 1.71. The van der Waals surface area contributed by atoms with Gasteiger partial charge in [-0.05, 0) is 23.6 Å². The fraction of sp³-hybridized carbons (Fsp3) is 0.538. The summed E-state index contributed by atoms with van der Waals surface area (Å²) in [6, 6.07) is 6.61. The Morgan fingerprint density at radius 3 is 2.67 bits per heavy atom. The Balaban J connectivity index is 2.00. The lowest BCUT2D eigenvalue weighted by Crippen LogP contribution is -2.22. The molecule has 0 saturated carbocycles. The van der Waals surface area contributed by atoms with Crippen LogP contribution >= 0.6 is 0 Å². The smallest absolute Gasteiger partial charge is 0.387 e. The third-order valence-electron chi connectivity index (χ3n) is 2.88. The molecule has 0 aliphatic carbocycles. The van der Waals surface area contributed by atoms with Crippen LogP contribution in [0.15, 0.2) is 24.3 Å². The zero-order valence-electron chi connectivity index (χ0n) is 10.2. The molecule has 0 aromatic heterocycles. The zero-order valence-corrected chi connectivity index (χ0v) is 10.2. The molecule has 1 aromatic carbocycles. The zero-order chi connectivity index (χ0) is 13.0. The lowest BCUT2D eigenvalue weighted by Gasteiger charge is -2.16. The predicted molar refractivity (Wildman–Crippen MR) is 63.8 cm³/mol. The Labute approximate surface area is 105 Å². The molecule has 100 valence electrons. The molecule has 0 spiro atoms. The molecule has 0 bridgehead atoms. The number of alkyl halides is 2. The van der Waals surface area contributed by atoms with Crippen molar-refractivity contribution in [1.29, 1.82) is 0 Å². The van der Waals surface area contributed by atoms with Crippen LogP contribution in [0.25, 0.3) is 0 Å². The molecule has 0 amide bonds. The second-order valence-electron chi connectivity index (χ2n) is 4.53. The van der Waals surface area contributed by atoms with Gasteiger partial charge in [-0.15, -0.1) is 0 Å². The van der Waals surface area contributed by atoms with Crippen molar-refractivity contribution in [2.45, 2.75) is 19.6 Å². The van der Waals surface area contributed by atoms with Gasteiger partial charge in [0.05, 0.1) is 12.7 Å². The first-order valence-electron chi connectivity index (χ1n) is 6.02. The van der Waals surface area contributed by atoms with E-state index in [0.717, 1.165) is 18.7 Å². The van der Waals surface area contributed by atoms with Gasteiger partial charge in [0.25, 0.3) is 0 Å². The van der Waals surface area contributed by atoms with Crippen molar-refractivity contribution in [1.82, 2.24) is 5.32 Å². The molecule has 0 radical (unpaired) electrons. The van der Waals surface area contributed by atoms with E-state index in [9.17, 15) is 8.78 Å². The quantitative estimate of drug-likeness (QED) is 0.902. The molecular weight excluding hydrogens is 240 g/mol. The van der Waals surface area contributed by atoms with Crippen molar-refractivity contribution in [3.63, 3.8) is 0 Å². The van der Waals surface area contributed by atoms with Crippen LogP contribution in [0.5, 0.6) is 5.75 Å². The first-order chi connectivity index (χ1) is 8.65. The third kappa shape index (κ3) is 3.65. The number of hydrogen-bond acceptors (Lipinski definition) is 3. The molecule has 18 heavy (non-hydrogen) atoms. The number of hydrogen-bond donors (Lipinski definition) is 1. The highest BCUT2D eigenvalue weighted by Crippen LogP contribution is 2.23. The van der Waals surface area contributed by atoms with Crippen molar-refractivity contribution >= 4 is 0 Å². The highest BCUT2D eigenvalue weighted by Gasteiger charge is 2.17. The predicted octanol–water partition coefficient (Wildman–Crippen LogP) is 2.59. The van der Waals surface area contributed by atoms with Gasteiger partial charge < -0.3 is 14.8 Å². The van der Waals surface area contributed by atoms with Gasteiger partial charge in [0.2, 0.25) is 0 Å². The minimum atomic E-state index is -2.78. The van der Waals surface area contributed by atoms with Crippen molar-refractivity contribution in [2.75, 3.05) is 19.7 Å². The average molecular weight is 257 g/mol. The van der Waals surface area contributed by atoms with Crippen LogP contribution in [0.1, 0.15) is 18.6 Å². The molecule has 2 unspecified atom stereocenters. The highest BCUT2D eigenvalue weighted by molar-refractivity contribution is 5.28. The van der Waals surface area contributed by atoms with E-state index in [2.05, 4.69) is 17.0 Å². The molecule has 1 saturated heterocycles. The number of benzene rings is 1. The van der Waals surface area contributed by atoms with Crippen molar-refractivity contribution in [2.24, 2.45) is 5.92 Å². The Morgan fingerprint density at radius 1 is 1.28 bits per heavy atom. The second-order valence-corrected chi connectivity index (χ2v) is 4.53. The maximum atomic E-state index is 12.0. The summed E-state index contributed by atoms with van der Waals surface area (Å²) in [5.74, 6) is 0.653. The summed E-state index contributed by atoms with van der Waals surface area (Å²) in [5, 5.41) is 3.32. The molecular formula is C13H17F2NO2. The van der Waals surface area contributed by atoms with E-state index in [4.69, 9.17) is 4.74 Å². The lowest BCUT2D eigenvalue weighted by atomic mass is 10.1. The summed E-state index contributed by atoms with van der Waals surface area (Å²) in [4.78, 5) is 0. The number of halogens is 2. The molecule has 1 fully saturated rings. The van der Waals surface area contributed by atoms with Gasteiger partial charge in [-0.1, -0.05) is 19.1 Å². The largest absolute Gasteiger partial charge is 0.435 e. The minimum Gasteiger partial charge on any atom is -0.435 e. The lowest BCUT2D eigenvalue weighted by molar-refractivity contribution is -0.0498. The Hall–Kier alpha value is -1.20. The first-order valence-corrected chi connectivity index (χ1v) is 6.02. The SMILES string of the molecule is CC1CNCC(c2ccc(OC(F)F)cc2)OC1. The second kappa shape index (κ2) is 6.11. The monoisotopic (exact) mass is 257 g/mol. The van der Waals surface area contributed by atoms with Crippen molar-refractivity contribution in [3.8, 4) is 5.75 Å². The molecule has 3 nitrogen and oxygen atoms in total. The van der Waals surface area contributed by atoms with Crippen LogP contribution in [-0.4, -0.2) is 26.3 Å². The topological polar surface area (TPSA) is 30.5 Å². The maximum absolute atomic E-state index is 12.0. The Bertz CT molecular complexity index is 370. The summed E-state index contributed by atoms with van der Waals surface area (Å²) in [6.07, 6.45) is -0.0319. The molecule has 2 atom stereocenters. The van der Waals surface area contributed by atoms with E-state index in [1.54, 1.807) is 24.3 Å². The molecule has 1 aromatic rings. The van der Waals surface area contributed by atoms with Gasteiger partial charge in [0, 0.05) is 13.1 Å². The summed E-state index contributed by atoms with van der Waals surface area (Å²) in [5.41, 5.74) is 0.971. The van der Waals surface area contributed by atoms with Crippen LogP contribution in [0.4, 0.5) is 8.78 Å². The molecule has 5 heteroatoms. The molecule has 2 rings (SSSR count). The fourth-order valence-corrected chi connectivity index (χ4v) is 1.94. The first kappa shape index (κ1) is 13.2. The van der Waals surface area contributed by atoms with E-state index in [1.807, 2.05) is 0 Å². The van der Waals surface area contributed by atoms with E-state index >= 15 is 0 Å². The maximum Gasteiger partial charge on any atom is 0.387 e. The molecule has 1 heterocycles. The molecule has 1 aliphatic heterocycles. The standard InChI is InChI=1S/C13H17F2NO2/c1-9-6-16-7-12(17-8-9)10-2-4-11(5-3-10)18-13(14)15/h2-5,9,12-13,16H,6-8H2,1H3. The van der Waals surface area contributed by atoms with Gasteiger partial charge in [-0.25, -0.2) is 0 Å². The van der Waals surface area contributed by atoms with Crippen LogP contribution < -0.4 is 10.1 Å². The normalized spacial score (nSPS) is 24.9. The summed E-state index contributed by atoms with van der Waals surface area (Å²) < 4.78 is 34.1. The molecule has 1 N–H and O–H groups in total. The van der Waals surface area contributed by atoms with Gasteiger partial charge in [-0.2, -0.15) is 8.78 Å². The molecule has 1 aliphatic rings. The Kier molecular flexibility index (Phi) is 4.49. The van der Waals surface area contributed by atoms with Crippen LogP contribution in [0.2, 0.25) is 0 Å². The van der Waals surface area contributed by atoms with E-state index < -0.39 is 6.61 Å². The van der Waals surface area contributed by atoms with E-state index in [-0.39, 0.29) is 11.9 Å². The van der Waals surface area contributed by atoms with Crippen LogP contribution in [0.3, 0.4) is 0 Å². The van der Waals surface area contributed by atoms with E-state index in [0.29, 0.717) is 12.5 Å². The van der Waals surface area contributed by atoms with Crippen molar-refractivity contribution in [3.05, 3.63) is 29.8 Å². The number of ether oxygens (including phenoxy) is 2. The highest BCUT2D eigenvalue weighted by atomic mass is 19.3. The van der Waals surface area contributed by atoms with E-state index in [1.165, 1.54) is 0 Å². The number of nitrogens with one attached hydrogen (secondary N) is 1. The summed E-state index contributed by atoms with van der Waals surface area (Å²) in [7, 11) is 0. The summed E-state index contributed by atoms with van der Waals surface area (Å²) >= 11 is 0. The minimum absolute atomic E-state index is 0.0319. The van der Waals surface area contributed by atoms with Gasteiger partial charge >= 0.3 is 6.61 Å². The van der Waals surface area contributed by atoms with Crippen molar-refractivity contribution < 1.29 is 18.3 Å². The van der Waals surface area contributed by atoms with Gasteiger partial charge in [-0.3, -0.25) is 0 Å². The van der Waals surface area contributed by atoms with Gasteiger partial charge in [0.1, 0.15) is 5.75 Å². The van der Waals surface area contributed by atoms with Gasteiger partial charge in [0.15, 0.2) is 0 Å². The van der Waals surface area contributed by atoms with Crippen LogP contribution in [-0.2, 0) is 4.74 Å². The fourth-order valence-electron chi connectivity index (χ4n) is 1.94.